The summed E-state index contributed by atoms with van der Waals surface area (Å²) in [6, 6.07) is 1.59. The van der Waals surface area contributed by atoms with E-state index in [0.717, 1.165) is 31.2 Å². The van der Waals surface area contributed by atoms with Gasteiger partial charge in [-0.2, -0.15) is 0 Å². The lowest BCUT2D eigenvalue weighted by Crippen LogP contribution is -2.27. The number of carbonyl (C=O) groups excluding carboxylic acids is 2. The molecule has 0 heterocycles. The molecule has 1 aromatic carbocycles. The zero-order chi connectivity index (χ0) is 34.3. The fraction of sp³-hybridized carbons (Fsp3) is 0.649. The topological polar surface area (TPSA) is 178 Å². The maximum atomic E-state index is 13.3. The van der Waals surface area contributed by atoms with Gasteiger partial charge in [-0.15, -0.1) is 0 Å². The Morgan fingerprint density at radius 3 is 2.51 bits per heavy atom. The van der Waals surface area contributed by atoms with E-state index in [1.165, 1.54) is 6.08 Å². The first-order valence-electron chi connectivity index (χ1n) is 17.2. The van der Waals surface area contributed by atoms with Gasteiger partial charge in [0.1, 0.15) is 5.78 Å². The average Bonchev–Trinajstić information content (AvgIpc) is 3.55. The van der Waals surface area contributed by atoms with E-state index in [-0.39, 0.29) is 72.8 Å². The number of aliphatic imine (C=N–C) groups is 1. The van der Waals surface area contributed by atoms with Crippen molar-refractivity contribution in [1.82, 2.24) is 0 Å². The molecule has 0 aliphatic heterocycles. The van der Waals surface area contributed by atoms with Gasteiger partial charge in [0.2, 0.25) is 0 Å². The van der Waals surface area contributed by atoms with Gasteiger partial charge in [-0.05, 0) is 112 Å². The fourth-order valence-electron chi connectivity index (χ4n) is 7.02. The highest BCUT2D eigenvalue weighted by molar-refractivity contribution is 5.90. The maximum absolute atomic E-state index is 13.3. The van der Waals surface area contributed by atoms with Crippen molar-refractivity contribution >= 4 is 17.5 Å². The number of hydrogen-bond acceptors (Lipinski definition) is 8. The van der Waals surface area contributed by atoms with Crippen molar-refractivity contribution in [3.8, 4) is 23.3 Å². The summed E-state index contributed by atoms with van der Waals surface area (Å²) in [6.45, 7) is 3.65. The Morgan fingerprint density at radius 1 is 1.15 bits per heavy atom. The van der Waals surface area contributed by atoms with Crippen molar-refractivity contribution < 1.29 is 34.4 Å². The summed E-state index contributed by atoms with van der Waals surface area (Å²) < 4.78 is 12.1. The Morgan fingerprint density at radius 2 is 1.89 bits per heavy atom. The number of nitrogens with zero attached hydrogens (tertiary/aromatic N) is 1. The van der Waals surface area contributed by atoms with Crippen molar-refractivity contribution in [3.63, 3.8) is 0 Å². The average molecular weight is 654 g/mol. The largest absolute Gasteiger partial charge is 0.504 e. The second-order valence-electron chi connectivity index (χ2n) is 13.0. The van der Waals surface area contributed by atoms with Gasteiger partial charge in [-0.1, -0.05) is 18.8 Å². The van der Waals surface area contributed by atoms with Crippen LogP contribution in [-0.2, 0) is 20.7 Å². The third kappa shape index (κ3) is 11.4. The van der Waals surface area contributed by atoms with E-state index in [2.05, 4.69) is 16.8 Å². The normalized spacial score (nSPS) is 20.9. The third-order valence-electron chi connectivity index (χ3n) is 9.53. The molecule has 10 nitrogen and oxygen atoms in total. The van der Waals surface area contributed by atoms with E-state index in [1.807, 2.05) is 13.0 Å². The highest BCUT2D eigenvalue weighted by Gasteiger charge is 2.33. The van der Waals surface area contributed by atoms with E-state index in [0.29, 0.717) is 80.4 Å². The van der Waals surface area contributed by atoms with Gasteiger partial charge in [0, 0.05) is 50.7 Å². The number of rotatable bonds is 17. The third-order valence-corrected chi connectivity index (χ3v) is 9.53. The molecule has 2 aliphatic rings. The number of aryl methyl sites for hydroxylation is 1. The molecule has 1 aromatic rings. The molecule has 1 fully saturated rings. The van der Waals surface area contributed by atoms with E-state index in [9.17, 15) is 24.9 Å². The first kappa shape index (κ1) is 38.1. The fourth-order valence-corrected chi connectivity index (χ4v) is 7.02. The van der Waals surface area contributed by atoms with Gasteiger partial charge < -0.3 is 41.1 Å². The van der Waals surface area contributed by atoms with E-state index >= 15 is 0 Å². The molecule has 47 heavy (non-hydrogen) atoms. The molecule has 0 bridgehead atoms. The van der Waals surface area contributed by atoms with Gasteiger partial charge in [-0.3, -0.25) is 4.79 Å². The highest BCUT2D eigenvalue weighted by atomic mass is 16.5. The van der Waals surface area contributed by atoms with Crippen LogP contribution in [0.5, 0.6) is 11.5 Å². The minimum absolute atomic E-state index is 0.00386. The van der Waals surface area contributed by atoms with Gasteiger partial charge in [0.05, 0.1) is 18.8 Å². The molecule has 0 saturated heterocycles. The first-order valence-corrected chi connectivity index (χ1v) is 17.2. The number of phenols is 1. The predicted octanol–water partition coefficient (Wildman–Crippen LogP) is 4.44. The van der Waals surface area contributed by atoms with Crippen LogP contribution in [0, 0.1) is 23.7 Å². The molecule has 2 aliphatic carbocycles. The molecular formula is C37H55N3O7. The molecule has 1 saturated carbocycles. The number of aliphatic hydroxyl groups excluding tert-OH is 2. The van der Waals surface area contributed by atoms with Crippen molar-refractivity contribution in [2.45, 2.75) is 115 Å². The minimum Gasteiger partial charge on any atom is -0.504 e. The number of aromatic hydroxyl groups is 1. The number of Topliss-reactive ketones (excluding diaryl/α,β-unsaturated/α-hetero) is 1. The van der Waals surface area contributed by atoms with Crippen LogP contribution in [0.4, 0.5) is 0 Å². The van der Waals surface area contributed by atoms with E-state index in [1.54, 1.807) is 14.0 Å². The molecule has 0 amide bonds. The van der Waals surface area contributed by atoms with Crippen LogP contribution in [0.3, 0.4) is 0 Å². The molecule has 0 spiro atoms. The number of phenolic OH excluding ortho intramolecular Hbond substituents is 1. The Kier molecular flexibility index (Phi) is 15.7. The quantitative estimate of drug-likeness (QED) is 0.0704. The highest BCUT2D eigenvalue weighted by Crippen LogP contribution is 2.46. The molecule has 260 valence electrons. The second kappa shape index (κ2) is 19.4. The van der Waals surface area contributed by atoms with Crippen LogP contribution in [-0.4, -0.2) is 71.9 Å². The maximum Gasteiger partial charge on any atom is 0.186 e. The number of hydrogen-bond donors (Lipinski definition) is 5. The Labute approximate surface area is 280 Å². The van der Waals surface area contributed by atoms with Crippen LogP contribution < -0.4 is 16.2 Å². The number of nitrogens with two attached hydrogens (primary N) is 2. The number of aliphatic hydroxyl groups is 2. The molecule has 3 rings (SSSR count). The number of ketones is 2. The van der Waals surface area contributed by atoms with Crippen molar-refractivity contribution in [2.75, 3.05) is 26.9 Å². The predicted molar refractivity (Wildman–Crippen MR) is 183 cm³/mol. The summed E-state index contributed by atoms with van der Waals surface area (Å²) in [7, 11) is 1.64. The minimum atomic E-state index is -0.285. The molecular weight excluding hydrogens is 598 g/mol. The smallest absolute Gasteiger partial charge is 0.186 e. The van der Waals surface area contributed by atoms with E-state index < -0.39 is 0 Å². The van der Waals surface area contributed by atoms with Gasteiger partial charge >= 0.3 is 0 Å². The molecule has 4 atom stereocenters. The number of benzene rings is 1. The van der Waals surface area contributed by atoms with Crippen LogP contribution in [0.25, 0.3) is 0 Å². The lowest BCUT2D eigenvalue weighted by Gasteiger charge is -2.31. The number of ether oxygens (including phenoxy) is 2. The lowest BCUT2D eigenvalue weighted by molar-refractivity contribution is -0.117. The lowest BCUT2D eigenvalue weighted by atomic mass is 9.75. The Balaban J connectivity index is 2.18. The standard InChI is InChI=1S/C37H55N3O7/c1-4-25(18-19-41)28(22-42)20-30(44)16-14-26-21-34(47-31-9-5-6-10-31)36(45)35-32(26)11-7-8-29(40-37(38)39)15-13-27(23-46-3)33(35)17-12-24(2)43/h20-21,25,27,29,31,33,41-42,45H,4-6,8-10,12-19,22-23H2,1-3H3,(H4,38,39,40). The number of guanidine groups is 1. The number of carbonyl (C=O) groups is 2. The molecule has 0 radical (unpaired) electrons. The monoisotopic (exact) mass is 653 g/mol. The molecule has 4 unspecified atom stereocenters. The van der Waals surface area contributed by atoms with Crippen molar-refractivity contribution in [1.29, 1.82) is 0 Å². The van der Waals surface area contributed by atoms with Gasteiger partial charge in [0.15, 0.2) is 23.2 Å². The number of methoxy groups -OCH3 is 1. The summed E-state index contributed by atoms with van der Waals surface area (Å²) in [4.78, 5) is 30.0. The van der Waals surface area contributed by atoms with Crippen LogP contribution >= 0.6 is 0 Å². The van der Waals surface area contributed by atoms with Gasteiger partial charge in [0.25, 0.3) is 0 Å². The van der Waals surface area contributed by atoms with Crippen molar-refractivity contribution in [3.05, 3.63) is 34.4 Å². The summed E-state index contributed by atoms with van der Waals surface area (Å²) in [5.41, 5.74) is 14.2. The Bertz CT molecular complexity index is 1320. The first-order chi connectivity index (χ1) is 22.6. The van der Waals surface area contributed by atoms with Gasteiger partial charge in [-0.25, -0.2) is 4.99 Å². The number of fused-ring (bicyclic) bond motifs is 1. The summed E-state index contributed by atoms with van der Waals surface area (Å²) in [5, 5.41) is 31.4. The van der Waals surface area contributed by atoms with Crippen LogP contribution in [0.1, 0.15) is 114 Å². The second-order valence-corrected chi connectivity index (χ2v) is 13.0. The summed E-state index contributed by atoms with van der Waals surface area (Å²) in [5.74, 6) is 6.45. The zero-order valence-corrected chi connectivity index (χ0v) is 28.4. The van der Waals surface area contributed by atoms with E-state index in [4.69, 9.17) is 20.9 Å². The summed E-state index contributed by atoms with van der Waals surface area (Å²) in [6.07, 6.45) is 9.61. The van der Waals surface area contributed by atoms with Crippen LogP contribution in [0.2, 0.25) is 0 Å². The molecule has 0 aromatic heterocycles. The Hall–Kier alpha value is -3.39. The molecule has 10 heteroatoms. The molecule has 7 N–H and O–H groups in total. The number of allylic oxidation sites excluding steroid dienone is 1. The van der Waals surface area contributed by atoms with Crippen molar-refractivity contribution in [2.24, 2.45) is 28.3 Å². The van der Waals surface area contributed by atoms with Crippen LogP contribution in [0.15, 0.2) is 22.7 Å². The summed E-state index contributed by atoms with van der Waals surface area (Å²) >= 11 is 0. The SMILES string of the molecule is CCC(CCO)C(=CC(=O)CCc1cc(OC2CCCC2)c(O)c2c1C#CCC(N=C(N)N)CCC(COC)C2CCC(C)=O)CO. The zero-order valence-electron chi connectivity index (χ0n) is 28.4.